The molecule has 0 fully saturated rings. The number of nitrogen functional groups attached to an aromatic ring is 2. The van der Waals surface area contributed by atoms with Crippen LogP contribution in [0, 0.1) is 0 Å². The molecule has 0 heterocycles. The third-order valence-corrected chi connectivity index (χ3v) is 4.78. The van der Waals surface area contributed by atoms with Crippen molar-refractivity contribution in [2.24, 2.45) is 0 Å². The fourth-order valence-corrected chi connectivity index (χ4v) is 3.02. The molecule has 0 radical (unpaired) electrons. The van der Waals surface area contributed by atoms with Gasteiger partial charge in [-0.2, -0.15) is 0 Å². The van der Waals surface area contributed by atoms with Gasteiger partial charge >= 0.3 is 0 Å². The number of ether oxygens (including phenoxy) is 2. The minimum Gasteiger partial charge on any atom is -0.454 e. The fraction of sp³-hybridized carbons (Fsp3) is 0. The Morgan fingerprint density at radius 3 is 1.46 bits per heavy atom. The highest BCUT2D eigenvalue weighted by molar-refractivity contribution is 6.39. The normalized spacial score (nSPS) is 10.6. The lowest BCUT2D eigenvalue weighted by atomic mass is 10.2. The van der Waals surface area contributed by atoms with Crippen LogP contribution in [0.2, 0.25) is 20.1 Å². The largest absolute Gasteiger partial charge is 0.454 e. The summed E-state index contributed by atoms with van der Waals surface area (Å²) >= 11 is 24.6. The Labute approximate surface area is 170 Å². The topological polar surface area (TPSA) is 70.5 Å². The fourth-order valence-electron chi connectivity index (χ4n) is 2.12. The van der Waals surface area contributed by atoms with Crippen LogP contribution < -0.4 is 20.9 Å². The first-order chi connectivity index (χ1) is 12.4. The van der Waals surface area contributed by atoms with E-state index in [1.165, 1.54) is 0 Å². The predicted octanol–water partition coefficient (Wildman–Crippen LogP) is 7.05. The lowest BCUT2D eigenvalue weighted by Gasteiger charge is -2.14. The van der Waals surface area contributed by atoms with Crippen LogP contribution in [0.1, 0.15) is 0 Å². The van der Waals surface area contributed by atoms with E-state index in [1.807, 2.05) is 0 Å². The van der Waals surface area contributed by atoms with Gasteiger partial charge in [0, 0.05) is 6.07 Å². The van der Waals surface area contributed by atoms with Crippen LogP contribution in [0.15, 0.2) is 48.5 Å². The molecule has 0 aliphatic rings. The number of hydrogen-bond donors (Lipinski definition) is 2. The summed E-state index contributed by atoms with van der Waals surface area (Å²) < 4.78 is 11.5. The maximum Gasteiger partial charge on any atom is 0.166 e. The molecule has 0 saturated carbocycles. The molecular formula is C18H12Cl4N2O2. The van der Waals surface area contributed by atoms with E-state index in [1.54, 1.807) is 48.5 Å². The van der Waals surface area contributed by atoms with Crippen molar-refractivity contribution in [3.8, 4) is 23.0 Å². The van der Waals surface area contributed by atoms with Crippen LogP contribution >= 0.6 is 46.4 Å². The van der Waals surface area contributed by atoms with Crippen LogP contribution in [0.4, 0.5) is 11.4 Å². The number of rotatable bonds is 4. The lowest BCUT2D eigenvalue weighted by Crippen LogP contribution is -1.93. The molecule has 134 valence electrons. The second-order valence-electron chi connectivity index (χ2n) is 5.24. The van der Waals surface area contributed by atoms with Crippen molar-refractivity contribution >= 4 is 57.8 Å². The van der Waals surface area contributed by atoms with Gasteiger partial charge in [0.25, 0.3) is 0 Å². The Morgan fingerprint density at radius 2 is 1.04 bits per heavy atom. The molecule has 0 amide bonds. The van der Waals surface area contributed by atoms with Gasteiger partial charge < -0.3 is 20.9 Å². The predicted molar refractivity (Wildman–Crippen MR) is 108 cm³/mol. The van der Waals surface area contributed by atoms with Gasteiger partial charge in [0.2, 0.25) is 0 Å². The third-order valence-electron chi connectivity index (χ3n) is 3.40. The van der Waals surface area contributed by atoms with Crippen LogP contribution in [-0.4, -0.2) is 0 Å². The molecule has 4 N–H and O–H groups in total. The van der Waals surface area contributed by atoms with E-state index in [0.29, 0.717) is 32.9 Å². The van der Waals surface area contributed by atoms with Gasteiger partial charge in [-0.05, 0) is 36.4 Å². The number of halogens is 4. The molecule has 0 atom stereocenters. The first-order valence-corrected chi connectivity index (χ1v) is 8.80. The van der Waals surface area contributed by atoms with Crippen LogP contribution in [-0.2, 0) is 0 Å². The molecule has 8 heteroatoms. The van der Waals surface area contributed by atoms with E-state index in [-0.39, 0.29) is 21.5 Å². The minimum atomic E-state index is 0.228. The second-order valence-corrected chi connectivity index (χ2v) is 6.81. The van der Waals surface area contributed by atoms with E-state index >= 15 is 0 Å². The monoisotopic (exact) mass is 428 g/mol. The SMILES string of the molecule is Nc1ccc(Cl)c(Oc2cccc(Oc3c(Cl)ccc(N)c3Cl)c2)c1Cl. The molecule has 3 rings (SSSR count). The van der Waals surface area contributed by atoms with Crippen molar-refractivity contribution in [2.45, 2.75) is 0 Å². The molecule has 0 saturated heterocycles. The summed E-state index contributed by atoms with van der Waals surface area (Å²) in [5, 5.41) is 1.12. The summed E-state index contributed by atoms with van der Waals surface area (Å²) in [6.45, 7) is 0. The molecule has 0 aromatic heterocycles. The molecule has 0 unspecified atom stereocenters. The first kappa shape index (κ1) is 18.8. The summed E-state index contributed by atoms with van der Waals surface area (Å²) in [6, 6.07) is 13.2. The van der Waals surface area contributed by atoms with Gasteiger partial charge in [-0.1, -0.05) is 52.5 Å². The highest BCUT2D eigenvalue weighted by atomic mass is 35.5. The Morgan fingerprint density at radius 1 is 0.615 bits per heavy atom. The van der Waals surface area contributed by atoms with Gasteiger partial charge in [0.15, 0.2) is 11.5 Å². The minimum absolute atomic E-state index is 0.228. The van der Waals surface area contributed by atoms with Crippen molar-refractivity contribution in [2.75, 3.05) is 11.5 Å². The average molecular weight is 430 g/mol. The lowest BCUT2D eigenvalue weighted by molar-refractivity contribution is 0.461. The van der Waals surface area contributed by atoms with Gasteiger partial charge in [-0.3, -0.25) is 0 Å². The Bertz CT molecular complexity index is 905. The zero-order chi connectivity index (χ0) is 18.8. The van der Waals surface area contributed by atoms with E-state index in [4.69, 9.17) is 67.3 Å². The van der Waals surface area contributed by atoms with E-state index in [2.05, 4.69) is 0 Å². The zero-order valence-corrected chi connectivity index (χ0v) is 16.1. The Kier molecular flexibility index (Phi) is 5.58. The molecule has 0 bridgehead atoms. The number of nitrogens with two attached hydrogens (primary N) is 2. The second kappa shape index (κ2) is 7.72. The zero-order valence-electron chi connectivity index (χ0n) is 13.1. The van der Waals surface area contributed by atoms with Gasteiger partial charge in [-0.25, -0.2) is 0 Å². The standard InChI is InChI=1S/C18H12Cl4N2O2/c19-11-4-6-13(23)15(21)17(11)25-9-2-1-3-10(8-9)26-18-12(20)5-7-14(24)16(18)22/h1-8H,23-24H2. The quantitative estimate of drug-likeness (QED) is 0.436. The molecule has 3 aromatic rings. The summed E-state index contributed by atoms with van der Waals surface area (Å²) in [4.78, 5) is 0. The molecular weight excluding hydrogens is 418 g/mol. The average Bonchev–Trinajstić information content (AvgIpc) is 2.63. The first-order valence-electron chi connectivity index (χ1n) is 7.29. The summed E-state index contributed by atoms with van der Waals surface area (Å²) in [5.41, 5.74) is 12.3. The van der Waals surface area contributed by atoms with Crippen molar-refractivity contribution in [1.29, 1.82) is 0 Å². The van der Waals surface area contributed by atoms with E-state index in [0.717, 1.165) is 0 Å². The van der Waals surface area contributed by atoms with Gasteiger partial charge in [0.05, 0.1) is 21.4 Å². The number of hydrogen-bond acceptors (Lipinski definition) is 4. The van der Waals surface area contributed by atoms with Gasteiger partial charge in [0.1, 0.15) is 21.5 Å². The number of anilines is 2. The van der Waals surface area contributed by atoms with Crippen LogP contribution in [0.25, 0.3) is 0 Å². The number of benzene rings is 3. The van der Waals surface area contributed by atoms with Crippen molar-refractivity contribution in [3.05, 3.63) is 68.6 Å². The highest BCUT2D eigenvalue weighted by Crippen LogP contribution is 2.42. The van der Waals surface area contributed by atoms with Gasteiger partial charge in [-0.15, -0.1) is 0 Å². The molecule has 0 aliphatic heterocycles. The molecule has 26 heavy (non-hydrogen) atoms. The van der Waals surface area contributed by atoms with Crippen molar-refractivity contribution in [3.63, 3.8) is 0 Å². The van der Waals surface area contributed by atoms with Crippen molar-refractivity contribution in [1.82, 2.24) is 0 Å². The van der Waals surface area contributed by atoms with E-state index in [9.17, 15) is 0 Å². The summed E-state index contributed by atoms with van der Waals surface area (Å²) in [6.07, 6.45) is 0. The molecule has 0 spiro atoms. The summed E-state index contributed by atoms with van der Waals surface area (Å²) in [5.74, 6) is 1.39. The highest BCUT2D eigenvalue weighted by Gasteiger charge is 2.14. The molecule has 0 aliphatic carbocycles. The smallest absolute Gasteiger partial charge is 0.166 e. The van der Waals surface area contributed by atoms with E-state index < -0.39 is 0 Å². The van der Waals surface area contributed by atoms with Crippen molar-refractivity contribution < 1.29 is 9.47 Å². The summed E-state index contributed by atoms with van der Waals surface area (Å²) in [7, 11) is 0. The molecule has 3 aromatic carbocycles. The molecule has 4 nitrogen and oxygen atoms in total. The maximum atomic E-state index is 6.16. The van der Waals surface area contributed by atoms with Crippen LogP contribution in [0.5, 0.6) is 23.0 Å². The Balaban J connectivity index is 1.91. The third kappa shape index (κ3) is 3.89. The van der Waals surface area contributed by atoms with Crippen LogP contribution in [0.3, 0.4) is 0 Å². The Hall–Kier alpha value is -1.98. The maximum absolute atomic E-state index is 6.16.